The standard InChI is InChI=1S/C16H27NOS/c1-5-7-9-17(10-8-6-2)12-16(18)15-11-13(3)19-14(15)4/h11H,5-10,12H2,1-4H3. The van der Waals surface area contributed by atoms with Crippen molar-refractivity contribution in [2.45, 2.75) is 53.4 Å². The van der Waals surface area contributed by atoms with Crippen LogP contribution in [0.15, 0.2) is 6.07 Å². The van der Waals surface area contributed by atoms with E-state index in [1.807, 2.05) is 13.0 Å². The van der Waals surface area contributed by atoms with Crippen molar-refractivity contribution in [2.75, 3.05) is 19.6 Å². The lowest BCUT2D eigenvalue weighted by Crippen LogP contribution is -2.32. The average Bonchev–Trinajstić information content (AvgIpc) is 2.71. The molecule has 0 fully saturated rings. The second-order valence-corrected chi connectivity index (χ2v) is 6.69. The van der Waals surface area contributed by atoms with Gasteiger partial charge in [0, 0.05) is 15.3 Å². The molecular weight excluding hydrogens is 254 g/mol. The first kappa shape index (κ1) is 16.4. The van der Waals surface area contributed by atoms with Gasteiger partial charge in [0.1, 0.15) is 0 Å². The van der Waals surface area contributed by atoms with Crippen molar-refractivity contribution < 1.29 is 4.79 Å². The lowest BCUT2D eigenvalue weighted by atomic mass is 10.1. The van der Waals surface area contributed by atoms with Gasteiger partial charge in [0.15, 0.2) is 5.78 Å². The predicted octanol–water partition coefficient (Wildman–Crippen LogP) is 4.45. The van der Waals surface area contributed by atoms with Crippen LogP contribution in [-0.4, -0.2) is 30.3 Å². The van der Waals surface area contributed by atoms with E-state index in [9.17, 15) is 4.79 Å². The van der Waals surface area contributed by atoms with Crippen molar-refractivity contribution >= 4 is 17.1 Å². The summed E-state index contributed by atoms with van der Waals surface area (Å²) in [6.45, 7) is 11.2. The number of hydrogen-bond donors (Lipinski definition) is 0. The molecule has 3 heteroatoms. The van der Waals surface area contributed by atoms with Gasteiger partial charge in [-0.3, -0.25) is 9.69 Å². The lowest BCUT2D eigenvalue weighted by molar-refractivity contribution is 0.0928. The molecule has 0 atom stereocenters. The van der Waals surface area contributed by atoms with E-state index in [-0.39, 0.29) is 5.78 Å². The van der Waals surface area contributed by atoms with Crippen LogP contribution in [0.4, 0.5) is 0 Å². The molecule has 0 aliphatic rings. The lowest BCUT2D eigenvalue weighted by Gasteiger charge is -2.21. The second kappa shape index (κ2) is 8.49. The number of carbonyl (C=O) groups excluding carboxylic acids is 1. The number of nitrogens with zero attached hydrogens (tertiary/aromatic N) is 1. The summed E-state index contributed by atoms with van der Waals surface area (Å²) in [5.74, 6) is 0.286. The van der Waals surface area contributed by atoms with Gasteiger partial charge < -0.3 is 0 Å². The van der Waals surface area contributed by atoms with Gasteiger partial charge >= 0.3 is 0 Å². The molecule has 1 aromatic heterocycles. The molecule has 0 aliphatic heterocycles. The first-order chi connectivity index (χ1) is 9.08. The van der Waals surface area contributed by atoms with Crippen LogP contribution < -0.4 is 0 Å². The molecule has 0 radical (unpaired) electrons. The first-order valence-corrected chi connectivity index (χ1v) is 8.22. The Kier molecular flexibility index (Phi) is 7.32. The zero-order chi connectivity index (χ0) is 14.3. The number of unbranched alkanes of at least 4 members (excludes halogenated alkanes) is 2. The first-order valence-electron chi connectivity index (χ1n) is 7.41. The predicted molar refractivity (Wildman–Crippen MR) is 84.4 cm³/mol. The summed E-state index contributed by atoms with van der Waals surface area (Å²) in [4.78, 5) is 17.1. The number of ketones is 1. The second-order valence-electron chi connectivity index (χ2n) is 5.23. The fourth-order valence-electron chi connectivity index (χ4n) is 2.23. The minimum absolute atomic E-state index is 0.286. The number of aryl methyl sites for hydroxylation is 2. The Hall–Kier alpha value is -0.670. The normalized spacial score (nSPS) is 11.2. The van der Waals surface area contributed by atoms with Crippen molar-refractivity contribution in [2.24, 2.45) is 0 Å². The molecule has 0 N–H and O–H groups in total. The Balaban J connectivity index is 2.61. The number of carbonyl (C=O) groups is 1. The van der Waals surface area contributed by atoms with E-state index >= 15 is 0 Å². The number of rotatable bonds is 9. The van der Waals surface area contributed by atoms with Crippen LogP contribution >= 0.6 is 11.3 Å². The molecule has 0 bridgehead atoms. The van der Waals surface area contributed by atoms with Crippen LogP contribution in [0, 0.1) is 13.8 Å². The average molecular weight is 281 g/mol. The molecule has 0 unspecified atom stereocenters. The van der Waals surface area contributed by atoms with Gasteiger partial charge in [-0.1, -0.05) is 26.7 Å². The van der Waals surface area contributed by atoms with Gasteiger partial charge in [-0.25, -0.2) is 0 Å². The highest BCUT2D eigenvalue weighted by Gasteiger charge is 2.15. The summed E-state index contributed by atoms with van der Waals surface area (Å²) in [6, 6.07) is 2.04. The molecule has 1 aromatic rings. The maximum absolute atomic E-state index is 12.4. The van der Waals surface area contributed by atoms with E-state index in [2.05, 4.69) is 25.7 Å². The summed E-state index contributed by atoms with van der Waals surface area (Å²) >= 11 is 1.72. The van der Waals surface area contributed by atoms with E-state index in [1.165, 1.54) is 30.6 Å². The Morgan fingerprint density at radius 2 is 1.74 bits per heavy atom. The van der Waals surface area contributed by atoms with Gasteiger partial charge in [0.25, 0.3) is 0 Å². The fraction of sp³-hybridized carbons (Fsp3) is 0.688. The highest BCUT2D eigenvalue weighted by molar-refractivity contribution is 7.12. The van der Waals surface area contributed by atoms with Gasteiger partial charge in [-0.2, -0.15) is 0 Å². The van der Waals surface area contributed by atoms with E-state index in [0.717, 1.165) is 23.5 Å². The topological polar surface area (TPSA) is 20.3 Å². The summed E-state index contributed by atoms with van der Waals surface area (Å²) in [5.41, 5.74) is 0.931. The van der Waals surface area contributed by atoms with Gasteiger partial charge in [-0.15, -0.1) is 11.3 Å². The van der Waals surface area contributed by atoms with Crippen LogP contribution in [-0.2, 0) is 0 Å². The van der Waals surface area contributed by atoms with Crippen molar-refractivity contribution in [1.82, 2.24) is 4.90 Å². The van der Waals surface area contributed by atoms with Crippen molar-refractivity contribution in [3.05, 3.63) is 21.4 Å². The van der Waals surface area contributed by atoms with Crippen LogP contribution in [0.25, 0.3) is 0 Å². The molecule has 2 nitrogen and oxygen atoms in total. The third kappa shape index (κ3) is 5.45. The summed E-state index contributed by atoms with van der Waals surface area (Å²) in [5, 5.41) is 0. The Morgan fingerprint density at radius 1 is 1.16 bits per heavy atom. The Morgan fingerprint density at radius 3 is 2.16 bits per heavy atom. The van der Waals surface area contributed by atoms with Crippen molar-refractivity contribution in [3.8, 4) is 0 Å². The monoisotopic (exact) mass is 281 g/mol. The zero-order valence-corrected chi connectivity index (χ0v) is 13.6. The highest BCUT2D eigenvalue weighted by atomic mass is 32.1. The number of hydrogen-bond acceptors (Lipinski definition) is 3. The van der Waals surface area contributed by atoms with E-state index < -0.39 is 0 Å². The maximum Gasteiger partial charge on any atom is 0.177 e. The molecule has 0 saturated carbocycles. The van der Waals surface area contributed by atoms with E-state index in [0.29, 0.717) is 6.54 Å². The minimum Gasteiger partial charge on any atom is -0.296 e. The van der Waals surface area contributed by atoms with Crippen molar-refractivity contribution in [3.63, 3.8) is 0 Å². The minimum atomic E-state index is 0.286. The van der Waals surface area contributed by atoms with Gasteiger partial charge in [0.2, 0.25) is 0 Å². The zero-order valence-electron chi connectivity index (χ0n) is 12.8. The molecule has 1 rings (SSSR count). The molecule has 19 heavy (non-hydrogen) atoms. The Bertz CT molecular complexity index is 389. The molecule has 0 aliphatic carbocycles. The summed E-state index contributed by atoms with van der Waals surface area (Å²) < 4.78 is 0. The smallest absolute Gasteiger partial charge is 0.177 e. The van der Waals surface area contributed by atoms with E-state index in [1.54, 1.807) is 11.3 Å². The number of Topliss-reactive ketones (excluding diaryl/α,β-unsaturated/α-hetero) is 1. The Labute approximate surface area is 121 Å². The largest absolute Gasteiger partial charge is 0.296 e. The van der Waals surface area contributed by atoms with E-state index in [4.69, 9.17) is 0 Å². The van der Waals surface area contributed by atoms with Crippen LogP contribution in [0.3, 0.4) is 0 Å². The number of thiophene rings is 1. The third-order valence-corrected chi connectivity index (χ3v) is 4.33. The molecule has 108 valence electrons. The summed E-state index contributed by atoms with van der Waals surface area (Å²) in [6.07, 6.45) is 4.73. The van der Waals surface area contributed by atoms with Crippen LogP contribution in [0.1, 0.15) is 59.6 Å². The molecule has 0 spiro atoms. The fourth-order valence-corrected chi connectivity index (χ4v) is 3.17. The highest BCUT2D eigenvalue weighted by Crippen LogP contribution is 2.21. The molecule has 0 saturated heterocycles. The quantitative estimate of drug-likeness (QED) is 0.623. The van der Waals surface area contributed by atoms with Crippen LogP contribution in [0.2, 0.25) is 0 Å². The molecule has 0 amide bonds. The SMILES string of the molecule is CCCCN(CCCC)CC(=O)c1cc(C)sc1C. The molecule has 1 heterocycles. The maximum atomic E-state index is 12.4. The molecular formula is C16H27NOS. The van der Waals surface area contributed by atoms with Crippen molar-refractivity contribution in [1.29, 1.82) is 0 Å². The molecule has 0 aromatic carbocycles. The van der Waals surface area contributed by atoms with Gasteiger partial charge in [-0.05, 0) is 45.8 Å². The van der Waals surface area contributed by atoms with Gasteiger partial charge in [0.05, 0.1) is 6.54 Å². The van der Waals surface area contributed by atoms with Crippen LogP contribution in [0.5, 0.6) is 0 Å². The summed E-state index contributed by atoms with van der Waals surface area (Å²) in [7, 11) is 0. The third-order valence-electron chi connectivity index (χ3n) is 3.36.